The van der Waals surface area contributed by atoms with Crippen LogP contribution in [0.5, 0.6) is 11.5 Å². The summed E-state index contributed by atoms with van der Waals surface area (Å²) in [5.41, 5.74) is -0.0674. The minimum Gasteiger partial charge on any atom is -0.507 e. The van der Waals surface area contributed by atoms with Crippen molar-refractivity contribution in [3.63, 3.8) is 0 Å². The molecule has 28 heavy (non-hydrogen) atoms. The molecule has 1 aliphatic rings. The summed E-state index contributed by atoms with van der Waals surface area (Å²) in [5, 5.41) is 17.7. The first-order valence-corrected chi connectivity index (χ1v) is 9.24. The lowest BCUT2D eigenvalue weighted by molar-refractivity contribution is -0.131. The zero-order valence-electron chi connectivity index (χ0n) is 15.9. The summed E-state index contributed by atoms with van der Waals surface area (Å²) in [7, 11) is 0. The Kier molecular flexibility index (Phi) is 5.63. The van der Waals surface area contributed by atoms with Crippen LogP contribution in [0.1, 0.15) is 37.8 Å². The number of benzene rings is 2. The molecule has 0 saturated carbocycles. The molecule has 1 saturated heterocycles. The predicted molar refractivity (Wildman–Crippen MR) is 105 cm³/mol. The second kappa shape index (κ2) is 8.12. The van der Waals surface area contributed by atoms with E-state index in [1.165, 1.54) is 12.3 Å². The van der Waals surface area contributed by atoms with E-state index in [4.69, 9.17) is 4.74 Å². The van der Waals surface area contributed by atoms with Gasteiger partial charge < -0.3 is 15.2 Å². The maximum absolute atomic E-state index is 13.0. The third-order valence-corrected chi connectivity index (χ3v) is 4.65. The molecule has 0 aliphatic carbocycles. The molecule has 3 rings (SSSR count). The zero-order chi connectivity index (χ0) is 20.1. The Bertz CT molecular complexity index is 898. The second-order valence-electron chi connectivity index (χ2n) is 6.49. The van der Waals surface area contributed by atoms with Gasteiger partial charge in [0.25, 0.3) is 5.91 Å². The Morgan fingerprint density at radius 1 is 1.18 bits per heavy atom. The first-order valence-electron chi connectivity index (χ1n) is 9.24. The van der Waals surface area contributed by atoms with Gasteiger partial charge in [-0.2, -0.15) is 5.10 Å². The lowest BCUT2D eigenvalue weighted by Gasteiger charge is -2.24. The number of phenols is 1. The Hall–Kier alpha value is -3.35. The minimum atomic E-state index is -1.14. The van der Waals surface area contributed by atoms with Gasteiger partial charge in [0.1, 0.15) is 17.0 Å². The van der Waals surface area contributed by atoms with Crippen LogP contribution in [0.2, 0.25) is 0 Å². The molecule has 0 bridgehead atoms. The summed E-state index contributed by atoms with van der Waals surface area (Å²) >= 11 is 0. The van der Waals surface area contributed by atoms with Crippen molar-refractivity contribution in [3.05, 3.63) is 59.7 Å². The van der Waals surface area contributed by atoms with Crippen molar-refractivity contribution in [2.75, 3.05) is 6.61 Å². The van der Waals surface area contributed by atoms with E-state index in [2.05, 4.69) is 10.4 Å². The number of urea groups is 1. The minimum absolute atomic E-state index is 0.0470. The van der Waals surface area contributed by atoms with Crippen LogP contribution >= 0.6 is 0 Å². The Morgan fingerprint density at radius 2 is 1.93 bits per heavy atom. The number of hydrogen-bond acceptors (Lipinski definition) is 5. The SMILES string of the molecule is CCCOc1ccc(/C=N/N2C(=O)N[C@](CC)(c3ccccc3)C2=O)c(O)c1. The van der Waals surface area contributed by atoms with Crippen molar-refractivity contribution in [2.24, 2.45) is 5.10 Å². The van der Waals surface area contributed by atoms with Crippen LogP contribution in [0.3, 0.4) is 0 Å². The standard InChI is InChI=1S/C21H23N3O4/c1-3-12-28-17-11-10-15(18(25)13-17)14-22-24-19(26)21(4-2,23-20(24)27)16-8-6-5-7-9-16/h5-11,13-14,25H,3-4,12H2,1-2H3,(H,23,27)/b22-14+/t21-/m1/s1. The van der Waals surface area contributed by atoms with Crippen molar-refractivity contribution in [1.82, 2.24) is 10.3 Å². The molecule has 1 heterocycles. The molecular formula is C21H23N3O4. The number of aromatic hydroxyl groups is 1. The molecule has 2 aromatic rings. The molecule has 7 nitrogen and oxygen atoms in total. The van der Waals surface area contributed by atoms with E-state index in [0.717, 1.165) is 11.4 Å². The van der Waals surface area contributed by atoms with Gasteiger partial charge in [-0.05, 0) is 30.5 Å². The maximum Gasteiger partial charge on any atom is 0.346 e. The van der Waals surface area contributed by atoms with Gasteiger partial charge >= 0.3 is 6.03 Å². The Balaban J connectivity index is 1.83. The fourth-order valence-corrected chi connectivity index (χ4v) is 3.09. The molecule has 7 heteroatoms. The third kappa shape index (κ3) is 3.55. The second-order valence-corrected chi connectivity index (χ2v) is 6.49. The van der Waals surface area contributed by atoms with Crippen molar-refractivity contribution in [2.45, 2.75) is 32.2 Å². The highest BCUT2D eigenvalue weighted by Gasteiger charge is 2.51. The summed E-state index contributed by atoms with van der Waals surface area (Å²) in [6.07, 6.45) is 2.53. The van der Waals surface area contributed by atoms with Crippen LogP contribution in [0.15, 0.2) is 53.6 Å². The molecule has 146 valence electrons. The summed E-state index contributed by atoms with van der Waals surface area (Å²) in [6, 6.07) is 13.3. The van der Waals surface area contributed by atoms with Crippen LogP contribution in [0, 0.1) is 0 Å². The summed E-state index contributed by atoms with van der Waals surface area (Å²) < 4.78 is 5.46. The predicted octanol–water partition coefficient (Wildman–Crippen LogP) is 3.37. The van der Waals surface area contributed by atoms with Crippen LogP contribution in [0.25, 0.3) is 0 Å². The molecule has 2 aromatic carbocycles. The molecule has 2 N–H and O–H groups in total. The topological polar surface area (TPSA) is 91.2 Å². The number of amides is 3. The molecule has 1 fully saturated rings. The van der Waals surface area contributed by atoms with Crippen molar-refractivity contribution in [1.29, 1.82) is 0 Å². The highest BCUT2D eigenvalue weighted by molar-refractivity contribution is 6.07. The van der Waals surface area contributed by atoms with E-state index in [1.807, 2.05) is 32.0 Å². The number of imide groups is 1. The maximum atomic E-state index is 13.0. The normalized spacial score (nSPS) is 19.3. The average molecular weight is 381 g/mol. The van der Waals surface area contributed by atoms with Gasteiger partial charge in [0.2, 0.25) is 0 Å². The first-order chi connectivity index (χ1) is 13.5. The number of ether oxygens (including phenoxy) is 1. The molecular weight excluding hydrogens is 358 g/mol. The first kappa shape index (κ1) is 19.4. The average Bonchev–Trinajstić information content (AvgIpc) is 2.97. The van der Waals surface area contributed by atoms with Crippen LogP contribution < -0.4 is 10.1 Å². The molecule has 0 unspecified atom stereocenters. The molecule has 3 amide bonds. The lowest BCUT2D eigenvalue weighted by atomic mass is 9.87. The summed E-state index contributed by atoms with van der Waals surface area (Å²) in [5.74, 6) is 0.0413. The quantitative estimate of drug-likeness (QED) is 0.568. The van der Waals surface area contributed by atoms with Crippen LogP contribution in [-0.4, -0.2) is 34.9 Å². The summed E-state index contributed by atoms with van der Waals surface area (Å²) in [4.78, 5) is 25.4. The third-order valence-electron chi connectivity index (χ3n) is 4.65. The fraction of sp³-hybridized carbons (Fsp3) is 0.286. The van der Waals surface area contributed by atoms with E-state index in [1.54, 1.807) is 24.3 Å². The van der Waals surface area contributed by atoms with Gasteiger partial charge in [-0.3, -0.25) is 4.79 Å². The number of nitrogens with one attached hydrogen (secondary N) is 1. The van der Waals surface area contributed by atoms with Gasteiger partial charge in [0.05, 0.1) is 12.8 Å². The number of nitrogens with zero attached hydrogens (tertiary/aromatic N) is 2. The largest absolute Gasteiger partial charge is 0.507 e. The van der Waals surface area contributed by atoms with Crippen molar-refractivity contribution >= 4 is 18.2 Å². The van der Waals surface area contributed by atoms with Gasteiger partial charge in [-0.15, -0.1) is 5.01 Å². The molecule has 0 aromatic heterocycles. The van der Waals surface area contributed by atoms with Gasteiger partial charge in [-0.1, -0.05) is 44.2 Å². The monoisotopic (exact) mass is 381 g/mol. The number of carbonyl (C=O) groups excluding carboxylic acids is 2. The molecule has 0 spiro atoms. The van der Waals surface area contributed by atoms with E-state index in [-0.39, 0.29) is 5.75 Å². The molecule has 0 radical (unpaired) electrons. The number of phenolic OH excluding ortho intramolecular Hbond substituents is 1. The smallest absolute Gasteiger partial charge is 0.346 e. The molecule has 1 atom stereocenters. The van der Waals surface area contributed by atoms with Crippen molar-refractivity contribution in [3.8, 4) is 11.5 Å². The highest BCUT2D eigenvalue weighted by Crippen LogP contribution is 2.32. The lowest BCUT2D eigenvalue weighted by Crippen LogP contribution is -2.43. The van der Waals surface area contributed by atoms with E-state index in [9.17, 15) is 14.7 Å². The molecule has 1 aliphatic heterocycles. The van der Waals surface area contributed by atoms with E-state index >= 15 is 0 Å². The van der Waals surface area contributed by atoms with Crippen molar-refractivity contribution < 1.29 is 19.4 Å². The highest BCUT2D eigenvalue weighted by atomic mass is 16.5. The zero-order valence-corrected chi connectivity index (χ0v) is 15.9. The number of hydrazone groups is 1. The van der Waals surface area contributed by atoms with E-state index in [0.29, 0.717) is 29.9 Å². The van der Waals surface area contributed by atoms with Gasteiger partial charge in [-0.25, -0.2) is 4.79 Å². The fourth-order valence-electron chi connectivity index (χ4n) is 3.09. The van der Waals surface area contributed by atoms with Crippen LogP contribution in [0.4, 0.5) is 4.79 Å². The summed E-state index contributed by atoms with van der Waals surface area (Å²) in [6.45, 7) is 4.37. The number of hydrogen-bond donors (Lipinski definition) is 2. The van der Waals surface area contributed by atoms with Gasteiger partial charge in [0, 0.05) is 11.6 Å². The van der Waals surface area contributed by atoms with Crippen LogP contribution in [-0.2, 0) is 10.3 Å². The number of carbonyl (C=O) groups is 2. The number of rotatable bonds is 7. The van der Waals surface area contributed by atoms with Gasteiger partial charge in [0.15, 0.2) is 0 Å². The Labute approximate surface area is 163 Å². The van der Waals surface area contributed by atoms with E-state index < -0.39 is 17.5 Å². The Morgan fingerprint density at radius 3 is 2.57 bits per heavy atom.